The number of thioether (sulfide) groups is 1. The molecule has 0 radical (unpaired) electrons. The lowest BCUT2D eigenvalue weighted by molar-refractivity contribution is -0.163. The summed E-state index contributed by atoms with van der Waals surface area (Å²) in [4.78, 5) is 53.0. The average molecular weight is 620 g/mol. The number of nitrogens with zero attached hydrogens (tertiary/aromatic N) is 2. The lowest BCUT2D eigenvalue weighted by Gasteiger charge is -2.46. The summed E-state index contributed by atoms with van der Waals surface area (Å²) in [5.41, 5.74) is -0.228. The highest BCUT2D eigenvalue weighted by Gasteiger charge is 2.60. The Bertz CT molecular complexity index is 1550. The fourth-order valence-electron chi connectivity index (χ4n) is 6.11. The van der Waals surface area contributed by atoms with E-state index in [1.807, 2.05) is 0 Å². The van der Waals surface area contributed by atoms with Gasteiger partial charge in [-0.05, 0) is 37.6 Å². The van der Waals surface area contributed by atoms with Gasteiger partial charge in [0.25, 0.3) is 0 Å². The molecule has 228 valence electrons. The topological polar surface area (TPSA) is 147 Å². The number of carbonyl (C=O) groups excluding carboxylic acids is 2. The molecule has 43 heavy (non-hydrogen) atoms. The highest BCUT2D eigenvalue weighted by molar-refractivity contribution is 8.03. The normalized spacial score (nSPS) is 25.9. The molecule has 2 saturated heterocycles. The summed E-state index contributed by atoms with van der Waals surface area (Å²) < 4.78 is 42.2. The highest BCUT2D eigenvalue weighted by Crippen LogP contribution is 2.52. The maximum atomic E-state index is 14.6. The molecule has 10 nitrogen and oxygen atoms in total. The molecule has 0 aromatic heterocycles. The van der Waals surface area contributed by atoms with Gasteiger partial charge in [0.2, 0.25) is 11.8 Å². The molecule has 0 bridgehead atoms. The Kier molecular flexibility index (Phi) is 8.29. The second-order valence-electron chi connectivity index (χ2n) is 10.9. The van der Waals surface area contributed by atoms with E-state index in [1.165, 1.54) is 47.9 Å². The van der Waals surface area contributed by atoms with Crippen molar-refractivity contribution < 1.29 is 47.7 Å². The van der Waals surface area contributed by atoms with E-state index in [0.717, 1.165) is 0 Å². The van der Waals surface area contributed by atoms with Crippen LogP contribution >= 0.6 is 11.8 Å². The summed E-state index contributed by atoms with van der Waals surface area (Å²) in [7, 11) is 0. The number of hydrogen-bond donors (Lipinski definition) is 4. The van der Waals surface area contributed by atoms with Gasteiger partial charge in [-0.2, -0.15) is 0 Å². The van der Waals surface area contributed by atoms with Crippen molar-refractivity contribution in [2.75, 3.05) is 11.9 Å². The highest BCUT2D eigenvalue weighted by atomic mass is 32.2. The predicted molar refractivity (Wildman–Crippen MR) is 148 cm³/mol. The van der Waals surface area contributed by atoms with Crippen molar-refractivity contribution in [3.63, 3.8) is 0 Å². The first kappa shape index (κ1) is 30.6. The van der Waals surface area contributed by atoms with Gasteiger partial charge in [-0.25, -0.2) is 22.8 Å². The third kappa shape index (κ3) is 5.61. The standard InChI is InChI=1S/C29H28F3N3O7S/c1-12-23-22(13(2)36)27(38)35(23)24(29(41)42)25(12)43-17-8-21(26(37)33-16-5-3-4-14(6-16)28(39)40)34(11-17)10-15-7-19(31)20(32)9-18(15)30/h3-7,9,12-13,17,21-23,36H,8,10-11H2,1-2H3,(H,33,37)(H,39,40)(H,41,42)/t12-,13-,17+,21+,22-,23-/m1/s1. The van der Waals surface area contributed by atoms with Gasteiger partial charge in [-0.3, -0.25) is 14.5 Å². The molecule has 6 atom stereocenters. The van der Waals surface area contributed by atoms with Gasteiger partial charge in [-0.1, -0.05) is 13.0 Å². The first-order valence-electron chi connectivity index (χ1n) is 13.4. The molecule has 5 rings (SSSR count). The lowest BCUT2D eigenvalue weighted by Crippen LogP contribution is -2.63. The van der Waals surface area contributed by atoms with E-state index in [-0.39, 0.29) is 42.0 Å². The number of nitrogens with one attached hydrogen (secondary N) is 1. The monoisotopic (exact) mass is 619 g/mol. The molecule has 0 aliphatic carbocycles. The molecule has 2 amide bonds. The third-order valence-electron chi connectivity index (χ3n) is 8.11. The number of carbonyl (C=O) groups is 4. The second-order valence-corrected chi connectivity index (χ2v) is 12.3. The Morgan fingerprint density at radius 1 is 1.07 bits per heavy atom. The van der Waals surface area contributed by atoms with E-state index in [1.54, 1.807) is 11.8 Å². The quantitative estimate of drug-likeness (QED) is 0.245. The number of anilines is 1. The van der Waals surface area contributed by atoms with Gasteiger partial charge in [-0.15, -0.1) is 11.8 Å². The number of amides is 2. The number of carboxylic acid groups (broad SMARTS) is 2. The minimum absolute atomic E-state index is 0.0589. The lowest BCUT2D eigenvalue weighted by atomic mass is 9.79. The maximum absolute atomic E-state index is 14.6. The Morgan fingerprint density at radius 3 is 2.42 bits per heavy atom. The zero-order valence-electron chi connectivity index (χ0n) is 23.0. The molecule has 14 heteroatoms. The van der Waals surface area contributed by atoms with Crippen LogP contribution in [0.5, 0.6) is 0 Å². The number of hydrogen-bond acceptors (Lipinski definition) is 7. The molecule has 3 aliphatic rings. The van der Waals surface area contributed by atoms with Gasteiger partial charge in [0.1, 0.15) is 11.5 Å². The molecule has 0 spiro atoms. The van der Waals surface area contributed by atoms with Gasteiger partial charge in [0, 0.05) is 46.5 Å². The number of fused-ring (bicyclic) bond motifs is 1. The van der Waals surface area contributed by atoms with Gasteiger partial charge in [0.15, 0.2) is 11.6 Å². The van der Waals surface area contributed by atoms with E-state index in [9.17, 15) is 47.7 Å². The van der Waals surface area contributed by atoms with Crippen LogP contribution in [-0.2, 0) is 20.9 Å². The summed E-state index contributed by atoms with van der Waals surface area (Å²) in [6, 6.07) is 5.23. The molecule has 0 saturated carbocycles. The zero-order chi connectivity index (χ0) is 31.3. The Labute approximate surface area is 248 Å². The Balaban J connectivity index is 1.42. The number of likely N-dealkylation sites (tertiary alicyclic amines) is 1. The number of aromatic carboxylic acids is 1. The van der Waals surface area contributed by atoms with Crippen molar-refractivity contribution in [3.8, 4) is 0 Å². The molecular formula is C29H28F3N3O7S. The van der Waals surface area contributed by atoms with Crippen molar-refractivity contribution >= 4 is 41.2 Å². The van der Waals surface area contributed by atoms with Crippen molar-refractivity contribution in [1.82, 2.24) is 9.80 Å². The van der Waals surface area contributed by atoms with E-state index in [4.69, 9.17) is 0 Å². The Hall–Kier alpha value is -3.88. The summed E-state index contributed by atoms with van der Waals surface area (Å²) in [6.45, 7) is 3.09. The molecule has 3 aliphatic heterocycles. The first-order chi connectivity index (χ1) is 20.3. The number of halogens is 3. The van der Waals surface area contributed by atoms with Crippen LogP contribution in [0.2, 0.25) is 0 Å². The summed E-state index contributed by atoms with van der Waals surface area (Å²) in [6.07, 6.45) is -0.835. The van der Waals surface area contributed by atoms with E-state index < -0.39 is 76.5 Å². The SMILES string of the molecule is C[C@@H](O)[C@H]1C(=O)N2C(C(=O)O)=C(S[C@H]3C[C@@H](C(=O)Nc4cccc(C(=O)O)c4)N(Cc4cc(F)c(F)cc4F)C3)[C@H](C)[C@H]12. The number of carboxylic acids is 2. The molecular weight excluding hydrogens is 591 g/mol. The molecule has 0 unspecified atom stereocenters. The summed E-state index contributed by atoms with van der Waals surface area (Å²) >= 11 is 1.18. The number of benzene rings is 2. The van der Waals surface area contributed by atoms with Crippen LogP contribution in [0.3, 0.4) is 0 Å². The van der Waals surface area contributed by atoms with Crippen molar-refractivity contribution in [3.05, 3.63) is 75.6 Å². The smallest absolute Gasteiger partial charge is 0.353 e. The molecule has 3 heterocycles. The van der Waals surface area contributed by atoms with Crippen molar-refractivity contribution in [1.29, 1.82) is 0 Å². The predicted octanol–water partition coefficient (Wildman–Crippen LogP) is 3.27. The van der Waals surface area contributed by atoms with Gasteiger partial charge >= 0.3 is 11.9 Å². The molecule has 4 N–H and O–H groups in total. The Morgan fingerprint density at radius 2 is 1.77 bits per heavy atom. The summed E-state index contributed by atoms with van der Waals surface area (Å²) in [5, 5.41) is 31.6. The van der Waals surface area contributed by atoms with Crippen LogP contribution in [0.15, 0.2) is 47.0 Å². The largest absolute Gasteiger partial charge is 0.478 e. The van der Waals surface area contributed by atoms with Crippen molar-refractivity contribution in [2.24, 2.45) is 11.8 Å². The number of aliphatic hydroxyl groups excluding tert-OH is 1. The number of aliphatic hydroxyl groups is 1. The molecule has 2 aromatic carbocycles. The van der Waals surface area contributed by atoms with Crippen LogP contribution in [0.1, 0.15) is 36.2 Å². The van der Waals surface area contributed by atoms with Crippen LogP contribution in [0.4, 0.5) is 18.9 Å². The van der Waals surface area contributed by atoms with Crippen LogP contribution in [0, 0.1) is 29.3 Å². The zero-order valence-corrected chi connectivity index (χ0v) is 23.8. The van der Waals surface area contributed by atoms with Crippen LogP contribution in [-0.4, -0.2) is 78.9 Å². The van der Waals surface area contributed by atoms with E-state index in [0.29, 0.717) is 17.0 Å². The number of β-lactam (4-membered cyclic amide) rings is 1. The minimum atomic E-state index is -1.36. The molecule has 2 aromatic rings. The number of aliphatic carboxylic acids is 1. The average Bonchev–Trinajstić information content (AvgIpc) is 3.43. The van der Waals surface area contributed by atoms with Gasteiger partial charge < -0.3 is 25.5 Å². The van der Waals surface area contributed by atoms with Crippen LogP contribution < -0.4 is 5.32 Å². The summed E-state index contributed by atoms with van der Waals surface area (Å²) in [5.74, 6) is -8.34. The van der Waals surface area contributed by atoms with E-state index in [2.05, 4.69) is 5.32 Å². The fourth-order valence-corrected chi connectivity index (χ4v) is 7.67. The second kappa shape index (κ2) is 11.7. The van der Waals surface area contributed by atoms with E-state index >= 15 is 0 Å². The number of rotatable bonds is 9. The third-order valence-corrected chi connectivity index (χ3v) is 9.61. The molecule has 2 fully saturated rings. The van der Waals surface area contributed by atoms with Crippen LogP contribution in [0.25, 0.3) is 0 Å². The maximum Gasteiger partial charge on any atom is 0.353 e. The first-order valence-corrected chi connectivity index (χ1v) is 14.3. The van der Waals surface area contributed by atoms with Crippen molar-refractivity contribution in [2.45, 2.75) is 50.3 Å². The minimum Gasteiger partial charge on any atom is -0.478 e. The fraction of sp³-hybridized carbons (Fsp3) is 0.379. The van der Waals surface area contributed by atoms with Gasteiger partial charge in [0.05, 0.1) is 29.7 Å².